The zero-order chi connectivity index (χ0) is 6.97. The molecule has 11 heavy (non-hydrogen) atoms. The molecule has 0 amide bonds. The molecule has 2 heterocycles. The summed E-state index contributed by atoms with van der Waals surface area (Å²) in [5.74, 6) is 0. The number of aromatic nitrogens is 2. The minimum atomic E-state index is 0. The molecule has 0 bridgehead atoms. The van der Waals surface area contributed by atoms with Crippen LogP contribution in [0.25, 0.3) is 5.52 Å². The Bertz CT molecular complexity index is 355. The lowest BCUT2D eigenvalue weighted by molar-refractivity contribution is 0.961. The van der Waals surface area contributed by atoms with Gasteiger partial charge in [0.05, 0.1) is 17.4 Å². The van der Waals surface area contributed by atoms with Crippen LogP contribution in [-0.4, -0.2) is 9.61 Å². The molecule has 0 aliphatic carbocycles. The Kier molecular flexibility index (Phi) is 2.01. The molecule has 2 aromatic rings. The lowest BCUT2D eigenvalue weighted by Crippen LogP contribution is -1.85. The first-order valence-corrected chi connectivity index (χ1v) is 3.06. The number of rotatable bonds is 0. The second-order valence-corrected chi connectivity index (χ2v) is 2.13. The molecule has 0 radical (unpaired) electrons. The number of nitrogen functional groups attached to an aromatic ring is 1. The van der Waals surface area contributed by atoms with Crippen LogP contribution in [0.1, 0.15) is 0 Å². The van der Waals surface area contributed by atoms with E-state index in [1.165, 1.54) is 0 Å². The fourth-order valence-corrected chi connectivity index (χ4v) is 0.954. The number of nitrogens with zero attached hydrogens (tertiary/aromatic N) is 2. The van der Waals surface area contributed by atoms with Gasteiger partial charge in [0.25, 0.3) is 0 Å². The number of fused-ring (bicyclic) bond motifs is 1. The van der Waals surface area contributed by atoms with E-state index in [1.54, 1.807) is 10.7 Å². The first kappa shape index (κ1) is 7.88. The van der Waals surface area contributed by atoms with E-state index >= 15 is 0 Å². The minimum absolute atomic E-state index is 0. The van der Waals surface area contributed by atoms with E-state index in [4.69, 9.17) is 5.73 Å². The van der Waals surface area contributed by atoms with Gasteiger partial charge in [0.15, 0.2) is 0 Å². The Labute approximate surface area is 70.2 Å². The van der Waals surface area contributed by atoms with Gasteiger partial charge in [0, 0.05) is 6.20 Å². The van der Waals surface area contributed by atoms with Gasteiger partial charge >= 0.3 is 0 Å². The van der Waals surface area contributed by atoms with Crippen LogP contribution >= 0.6 is 12.4 Å². The highest BCUT2D eigenvalue weighted by Gasteiger charge is 1.94. The highest BCUT2D eigenvalue weighted by molar-refractivity contribution is 5.85. The van der Waals surface area contributed by atoms with E-state index in [0.29, 0.717) is 0 Å². The second-order valence-electron chi connectivity index (χ2n) is 2.13. The Hall–Kier alpha value is -1.22. The highest BCUT2D eigenvalue weighted by atomic mass is 35.5. The van der Waals surface area contributed by atoms with Gasteiger partial charge in [0.1, 0.15) is 0 Å². The summed E-state index contributed by atoms with van der Waals surface area (Å²) < 4.78 is 1.75. The lowest BCUT2D eigenvalue weighted by atomic mass is 10.4. The average Bonchev–Trinajstić information content (AvgIpc) is 2.34. The van der Waals surface area contributed by atoms with Gasteiger partial charge in [-0.1, -0.05) is 6.07 Å². The normalized spacial score (nSPS) is 9.45. The van der Waals surface area contributed by atoms with Crippen LogP contribution in [0.15, 0.2) is 30.6 Å². The van der Waals surface area contributed by atoms with Gasteiger partial charge in [-0.05, 0) is 12.1 Å². The van der Waals surface area contributed by atoms with Gasteiger partial charge in [-0.3, -0.25) is 0 Å². The van der Waals surface area contributed by atoms with Crippen molar-refractivity contribution in [2.75, 3.05) is 5.73 Å². The highest BCUT2D eigenvalue weighted by Crippen LogP contribution is 2.09. The second kappa shape index (κ2) is 2.80. The number of halogens is 1. The molecule has 4 heteroatoms. The maximum atomic E-state index is 5.59. The zero-order valence-corrected chi connectivity index (χ0v) is 6.58. The smallest absolute Gasteiger partial charge is 0.0891 e. The molecule has 0 atom stereocenters. The fraction of sp³-hybridized carbons (Fsp3) is 0. The molecule has 2 aromatic heterocycles. The fourth-order valence-electron chi connectivity index (χ4n) is 0.954. The van der Waals surface area contributed by atoms with Crippen molar-refractivity contribution < 1.29 is 0 Å². The Morgan fingerprint density at radius 2 is 2.18 bits per heavy atom. The van der Waals surface area contributed by atoms with Gasteiger partial charge in [-0.15, -0.1) is 12.4 Å². The summed E-state index contributed by atoms with van der Waals surface area (Å²) in [6, 6.07) is 5.79. The summed E-state index contributed by atoms with van der Waals surface area (Å²) in [5.41, 5.74) is 7.28. The summed E-state index contributed by atoms with van der Waals surface area (Å²) in [5, 5.41) is 4.01. The van der Waals surface area contributed by atoms with Crippen molar-refractivity contribution in [2.45, 2.75) is 0 Å². The molecule has 2 rings (SSSR count). The van der Waals surface area contributed by atoms with Crippen molar-refractivity contribution in [3.05, 3.63) is 30.6 Å². The minimum Gasteiger partial charge on any atom is -0.396 e. The average molecular weight is 170 g/mol. The van der Waals surface area contributed by atoms with Crippen molar-refractivity contribution in [2.24, 2.45) is 0 Å². The van der Waals surface area contributed by atoms with E-state index in [1.807, 2.05) is 24.4 Å². The molecule has 58 valence electrons. The van der Waals surface area contributed by atoms with Gasteiger partial charge in [0.2, 0.25) is 0 Å². The Morgan fingerprint density at radius 3 is 2.91 bits per heavy atom. The summed E-state index contributed by atoms with van der Waals surface area (Å²) in [6.07, 6.45) is 3.51. The number of anilines is 1. The molecule has 0 aliphatic heterocycles. The summed E-state index contributed by atoms with van der Waals surface area (Å²) in [7, 11) is 0. The summed E-state index contributed by atoms with van der Waals surface area (Å²) >= 11 is 0. The third kappa shape index (κ3) is 1.14. The molecule has 2 N–H and O–H groups in total. The molecular formula is C7H8ClN3. The SMILES string of the molecule is Cl.Nc1cnn2ccccc12. The van der Waals surface area contributed by atoms with Crippen molar-refractivity contribution >= 4 is 23.6 Å². The van der Waals surface area contributed by atoms with Gasteiger partial charge in [-0.2, -0.15) is 5.10 Å². The van der Waals surface area contributed by atoms with Crippen LogP contribution < -0.4 is 5.73 Å². The number of hydrogen-bond acceptors (Lipinski definition) is 2. The molecule has 0 aromatic carbocycles. The van der Waals surface area contributed by atoms with E-state index in [2.05, 4.69) is 5.10 Å². The van der Waals surface area contributed by atoms with Gasteiger partial charge < -0.3 is 5.73 Å². The molecule has 0 unspecified atom stereocenters. The largest absolute Gasteiger partial charge is 0.396 e. The standard InChI is InChI=1S/C7H7N3.ClH/c8-6-5-9-10-4-2-1-3-7(6)10;/h1-5H,8H2;1H. The monoisotopic (exact) mass is 169 g/mol. The van der Waals surface area contributed by atoms with Gasteiger partial charge in [-0.25, -0.2) is 4.52 Å². The quantitative estimate of drug-likeness (QED) is 0.647. The molecule has 0 aliphatic rings. The van der Waals surface area contributed by atoms with Crippen LogP contribution in [0, 0.1) is 0 Å². The van der Waals surface area contributed by atoms with Crippen molar-refractivity contribution in [3.63, 3.8) is 0 Å². The number of hydrogen-bond donors (Lipinski definition) is 1. The molecule has 0 spiro atoms. The van der Waals surface area contributed by atoms with Crippen LogP contribution in [0.4, 0.5) is 5.69 Å². The number of nitrogens with two attached hydrogens (primary N) is 1. The van der Waals surface area contributed by atoms with Crippen molar-refractivity contribution in [1.82, 2.24) is 9.61 Å². The van der Waals surface area contributed by atoms with E-state index < -0.39 is 0 Å². The van der Waals surface area contributed by atoms with E-state index in [0.717, 1.165) is 11.2 Å². The summed E-state index contributed by atoms with van der Waals surface area (Å²) in [4.78, 5) is 0. The first-order valence-electron chi connectivity index (χ1n) is 3.06. The zero-order valence-electron chi connectivity index (χ0n) is 5.77. The van der Waals surface area contributed by atoms with E-state index in [-0.39, 0.29) is 12.4 Å². The van der Waals surface area contributed by atoms with Crippen molar-refractivity contribution in [1.29, 1.82) is 0 Å². The predicted molar refractivity (Wildman–Crippen MR) is 46.9 cm³/mol. The first-order chi connectivity index (χ1) is 4.88. The topological polar surface area (TPSA) is 43.3 Å². The molecule has 0 fully saturated rings. The molecular weight excluding hydrogens is 162 g/mol. The third-order valence-electron chi connectivity index (χ3n) is 1.46. The Balaban J connectivity index is 0.000000605. The van der Waals surface area contributed by atoms with Crippen LogP contribution in [0.5, 0.6) is 0 Å². The van der Waals surface area contributed by atoms with Crippen LogP contribution in [0.3, 0.4) is 0 Å². The molecule has 0 saturated heterocycles. The Morgan fingerprint density at radius 1 is 1.36 bits per heavy atom. The van der Waals surface area contributed by atoms with Crippen LogP contribution in [-0.2, 0) is 0 Å². The van der Waals surface area contributed by atoms with Crippen LogP contribution in [0.2, 0.25) is 0 Å². The lowest BCUT2D eigenvalue weighted by Gasteiger charge is -1.89. The van der Waals surface area contributed by atoms with E-state index in [9.17, 15) is 0 Å². The summed E-state index contributed by atoms with van der Waals surface area (Å²) in [6.45, 7) is 0. The maximum absolute atomic E-state index is 5.59. The number of pyridine rings is 1. The third-order valence-corrected chi connectivity index (χ3v) is 1.46. The predicted octanol–water partition coefficient (Wildman–Crippen LogP) is 1.34. The molecule has 0 saturated carbocycles. The van der Waals surface area contributed by atoms with Crippen molar-refractivity contribution in [3.8, 4) is 0 Å². The molecule has 3 nitrogen and oxygen atoms in total. The maximum Gasteiger partial charge on any atom is 0.0891 e.